The lowest BCUT2D eigenvalue weighted by Crippen LogP contribution is -2.47. The van der Waals surface area contributed by atoms with Crippen LogP contribution < -0.4 is 5.73 Å². The first kappa shape index (κ1) is 14.5. The molecule has 2 heterocycles. The zero-order chi connectivity index (χ0) is 14.0. The summed E-state index contributed by atoms with van der Waals surface area (Å²) >= 11 is 0. The maximum absolute atomic E-state index is 5.87. The first-order chi connectivity index (χ1) is 9.02. The quantitative estimate of drug-likeness (QED) is 0.885. The summed E-state index contributed by atoms with van der Waals surface area (Å²) in [6.07, 6.45) is 0.222. The summed E-state index contributed by atoms with van der Waals surface area (Å²) in [5, 5.41) is 4.58. The van der Waals surface area contributed by atoms with E-state index in [0.717, 1.165) is 37.5 Å². The van der Waals surface area contributed by atoms with Crippen LogP contribution in [0, 0.1) is 13.8 Å². The molecule has 1 aliphatic heterocycles. The van der Waals surface area contributed by atoms with Crippen LogP contribution in [0.3, 0.4) is 0 Å². The van der Waals surface area contributed by atoms with Crippen molar-refractivity contribution in [2.24, 2.45) is 5.73 Å². The summed E-state index contributed by atoms with van der Waals surface area (Å²) in [4.78, 5) is 2.46. The van der Waals surface area contributed by atoms with Crippen LogP contribution in [-0.2, 0) is 17.8 Å². The third-order valence-corrected chi connectivity index (χ3v) is 4.01. The fourth-order valence-corrected chi connectivity index (χ4v) is 2.72. The van der Waals surface area contributed by atoms with Gasteiger partial charge in [-0.05, 0) is 27.7 Å². The van der Waals surface area contributed by atoms with Gasteiger partial charge in [-0.2, -0.15) is 5.10 Å². The lowest BCUT2D eigenvalue weighted by molar-refractivity contribution is -0.0472. The summed E-state index contributed by atoms with van der Waals surface area (Å²) in [6.45, 7) is 12.8. The summed E-state index contributed by atoms with van der Waals surface area (Å²) in [5.74, 6) is 0. The van der Waals surface area contributed by atoms with Gasteiger partial charge < -0.3 is 10.5 Å². The van der Waals surface area contributed by atoms with Crippen LogP contribution >= 0.6 is 0 Å². The van der Waals surface area contributed by atoms with Gasteiger partial charge in [-0.25, -0.2) is 0 Å². The summed E-state index contributed by atoms with van der Waals surface area (Å²) in [6, 6.07) is 0.575. The van der Waals surface area contributed by atoms with E-state index in [1.165, 1.54) is 5.69 Å². The van der Waals surface area contributed by atoms with Crippen molar-refractivity contribution in [3.63, 3.8) is 0 Å². The standard InChI is InChI=1S/C14H26N4O/c1-10(2)17-5-6-19-13(8-17)9-18-12(4)14(7-15)11(3)16-18/h10,13H,5-9,15H2,1-4H3. The van der Waals surface area contributed by atoms with E-state index < -0.39 is 0 Å². The summed E-state index contributed by atoms with van der Waals surface area (Å²) in [7, 11) is 0. The smallest absolute Gasteiger partial charge is 0.0898 e. The molecule has 1 aliphatic rings. The number of nitrogens with zero attached hydrogens (tertiary/aromatic N) is 3. The Bertz CT molecular complexity index is 427. The van der Waals surface area contributed by atoms with Crippen LogP contribution in [0.1, 0.15) is 30.8 Å². The van der Waals surface area contributed by atoms with Gasteiger partial charge >= 0.3 is 0 Å². The van der Waals surface area contributed by atoms with Crippen molar-refractivity contribution in [1.29, 1.82) is 0 Å². The minimum Gasteiger partial charge on any atom is -0.374 e. The van der Waals surface area contributed by atoms with Gasteiger partial charge in [-0.15, -0.1) is 0 Å². The first-order valence-electron chi connectivity index (χ1n) is 7.11. The molecule has 19 heavy (non-hydrogen) atoms. The van der Waals surface area contributed by atoms with Gasteiger partial charge in [0, 0.05) is 36.9 Å². The molecular formula is C14H26N4O. The van der Waals surface area contributed by atoms with E-state index in [2.05, 4.69) is 30.8 Å². The maximum atomic E-state index is 5.87. The maximum Gasteiger partial charge on any atom is 0.0898 e. The molecule has 1 aromatic heterocycles. The third-order valence-electron chi connectivity index (χ3n) is 4.01. The van der Waals surface area contributed by atoms with E-state index in [-0.39, 0.29) is 6.10 Å². The van der Waals surface area contributed by atoms with Crippen molar-refractivity contribution < 1.29 is 4.74 Å². The lowest BCUT2D eigenvalue weighted by atomic mass is 10.2. The van der Waals surface area contributed by atoms with Crippen molar-refractivity contribution in [2.75, 3.05) is 19.7 Å². The number of morpholine rings is 1. The number of aromatic nitrogens is 2. The van der Waals surface area contributed by atoms with Crippen molar-refractivity contribution in [1.82, 2.24) is 14.7 Å². The monoisotopic (exact) mass is 266 g/mol. The second-order valence-corrected chi connectivity index (χ2v) is 5.62. The molecule has 0 spiro atoms. The highest BCUT2D eigenvalue weighted by molar-refractivity contribution is 5.24. The summed E-state index contributed by atoms with van der Waals surface area (Å²) in [5.41, 5.74) is 9.14. The molecule has 0 aromatic carbocycles. The zero-order valence-corrected chi connectivity index (χ0v) is 12.5. The SMILES string of the molecule is Cc1nn(CC2CN(C(C)C)CCO2)c(C)c1CN. The zero-order valence-electron chi connectivity index (χ0n) is 12.5. The molecule has 0 bridgehead atoms. The van der Waals surface area contributed by atoms with Crippen molar-refractivity contribution in [3.8, 4) is 0 Å². The molecule has 0 radical (unpaired) electrons. The van der Waals surface area contributed by atoms with Crippen molar-refractivity contribution >= 4 is 0 Å². The van der Waals surface area contributed by atoms with Crippen molar-refractivity contribution in [2.45, 2.75) is 52.9 Å². The van der Waals surface area contributed by atoms with Gasteiger partial charge in [-0.1, -0.05) is 0 Å². The predicted octanol–water partition coefficient (Wildman–Crippen LogP) is 1.07. The number of ether oxygens (including phenoxy) is 1. The van der Waals surface area contributed by atoms with Gasteiger partial charge in [0.05, 0.1) is 24.9 Å². The molecule has 2 N–H and O–H groups in total. The molecule has 1 atom stereocenters. The van der Waals surface area contributed by atoms with Crippen LogP contribution in [-0.4, -0.2) is 46.5 Å². The Hall–Kier alpha value is -0.910. The van der Waals surface area contributed by atoms with Crippen LogP contribution in [0.25, 0.3) is 0 Å². The van der Waals surface area contributed by atoms with Crippen LogP contribution in [0.2, 0.25) is 0 Å². The number of rotatable bonds is 4. The van der Waals surface area contributed by atoms with Gasteiger partial charge in [-0.3, -0.25) is 9.58 Å². The fourth-order valence-electron chi connectivity index (χ4n) is 2.72. The van der Waals surface area contributed by atoms with Crippen LogP contribution in [0.15, 0.2) is 0 Å². The van der Waals surface area contributed by atoms with E-state index in [4.69, 9.17) is 10.5 Å². The Morgan fingerprint density at radius 2 is 2.16 bits per heavy atom. The van der Waals surface area contributed by atoms with Crippen molar-refractivity contribution in [3.05, 3.63) is 17.0 Å². The Morgan fingerprint density at radius 3 is 2.74 bits per heavy atom. The Morgan fingerprint density at radius 1 is 1.42 bits per heavy atom. The first-order valence-corrected chi connectivity index (χ1v) is 7.11. The van der Waals surface area contributed by atoms with E-state index in [9.17, 15) is 0 Å². The molecule has 1 fully saturated rings. The summed E-state index contributed by atoms with van der Waals surface area (Å²) < 4.78 is 7.91. The third kappa shape index (κ3) is 3.16. The van der Waals surface area contributed by atoms with E-state index in [0.29, 0.717) is 12.6 Å². The molecule has 108 valence electrons. The normalized spacial score (nSPS) is 21.3. The average Bonchev–Trinajstić information content (AvgIpc) is 2.64. The van der Waals surface area contributed by atoms with Gasteiger partial charge in [0.25, 0.3) is 0 Å². The van der Waals surface area contributed by atoms with Gasteiger partial charge in [0.2, 0.25) is 0 Å². The fraction of sp³-hybridized carbons (Fsp3) is 0.786. The number of hydrogen-bond acceptors (Lipinski definition) is 4. The molecular weight excluding hydrogens is 240 g/mol. The Labute approximate surface area is 115 Å². The molecule has 1 saturated heterocycles. The number of aryl methyl sites for hydroxylation is 1. The predicted molar refractivity (Wildman–Crippen MR) is 76.0 cm³/mol. The van der Waals surface area contributed by atoms with E-state index >= 15 is 0 Å². The topological polar surface area (TPSA) is 56.3 Å². The Kier molecular flexibility index (Phi) is 4.60. The Balaban J connectivity index is 2.05. The molecule has 1 unspecified atom stereocenters. The van der Waals surface area contributed by atoms with Crippen LogP contribution in [0.4, 0.5) is 0 Å². The molecule has 2 rings (SSSR count). The van der Waals surface area contributed by atoms with Crippen LogP contribution in [0.5, 0.6) is 0 Å². The highest BCUT2D eigenvalue weighted by Gasteiger charge is 2.23. The number of nitrogens with two attached hydrogens (primary N) is 1. The lowest BCUT2D eigenvalue weighted by Gasteiger charge is -2.35. The molecule has 0 amide bonds. The second kappa shape index (κ2) is 6.03. The molecule has 1 aromatic rings. The van der Waals surface area contributed by atoms with Gasteiger partial charge in [0.15, 0.2) is 0 Å². The van der Waals surface area contributed by atoms with Gasteiger partial charge in [0.1, 0.15) is 0 Å². The minimum absolute atomic E-state index is 0.222. The molecule has 5 nitrogen and oxygen atoms in total. The second-order valence-electron chi connectivity index (χ2n) is 5.62. The average molecular weight is 266 g/mol. The molecule has 5 heteroatoms. The highest BCUT2D eigenvalue weighted by Crippen LogP contribution is 2.15. The van der Waals surface area contributed by atoms with E-state index in [1.807, 2.05) is 11.6 Å². The van der Waals surface area contributed by atoms with E-state index in [1.54, 1.807) is 0 Å². The largest absolute Gasteiger partial charge is 0.374 e. The molecule has 0 saturated carbocycles. The highest BCUT2D eigenvalue weighted by atomic mass is 16.5. The number of hydrogen-bond donors (Lipinski definition) is 1. The molecule has 0 aliphatic carbocycles. The minimum atomic E-state index is 0.222.